The summed E-state index contributed by atoms with van der Waals surface area (Å²) in [4.78, 5) is 36.0. The third-order valence-corrected chi connectivity index (χ3v) is 6.23. The van der Waals surface area contributed by atoms with Gasteiger partial charge >= 0.3 is 12.0 Å². The van der Waals surface area contributed by atoms with Crippen LogP contribution in [0, 0.1) is 23.7 Å². The van der Waals surface area contributed by atoms with Gasteiger partial charge in [-0.2, -0.15) is 0 Å². The molecule has 132 valence electrons. The second-order valence-electron chi connectivity index (χ2n) is 8.49. The van der Waals surface area contributed by atoms with E-state index in [1.807, 2.05) is 0 Å². The molecule has 0 heterocycles. The van der Waals surface area contributed by atoms with Crippen molar-refractivity contribution in [2.24, 2.45) is 23.7 Å². The first-order chi connectivity index (χ1) is 11.4. The molecule has 6 nitrogen and oxygen atoms in total. The molecule has 5 rings (SSSR count). The van der Waals surface area contributed by atoms with Crippen molar-refractivity contribution < 1.29 is 19.1 Å². The fourth-order valence-corrected chi connectivity index (χ4v) is 5.39. The largest absolute Gasteiger partial charge is 0.452 e. The zero-order valence-electron chi connectivity index (χ0n) is 14.2. The molecule has 0 radical (unpaired) electrons. The van der Waals surface area contributed by atoms with Gasteiger partial charge in [0.2, 0.25) is 0 Å². The second kappa shape index (κ2) is 5.74. The van der Waals surface area contributed by atoms with Gasteiger partial charge in [0.15, 0.2) is 6.10 Å². The first kappa shape index (κ1) is 15.9. The van der Waals surface area contributed by atoms with Gasteiger partial charge in [0.25, 0.3) is 5.91 Å². The van der Waals surface area contributed by atoms with Crippen LogP contribution in [0.1, 0.15) is 58.3 Å². The number of hydrogen-bond acceptors (Lipinski definition) is 4. The molecule has 4 bridgehead atoms. The number of esters is 1. The monoisotopic (exact) mass is 334 g/mol. The zero-order valence-corrected chi connectivity index (χ0v) is 14.2. The lowest BCUT2D eigenvalue weighted by molar-refractivity contribution is -0.155. The zero-order chi connectivity index (χ0) is 16.9. The van der Waals surface area contributed by atoms with Crippen molar-refractivity contribution in [1.82, 2.24) is 10.6 Å². The van der Waals surface area contributed by atoms with Gasteiger partial charge in [0, 0.05) is 5.54 Å². The maximum Gasteiger partial charge on any atom is 0.321 e. The Morgan fingerprint density at radius 2 is 1.54 bits per heavy atom. The van der Waals surface area contributed by atoms with E-state index in [1.165, 1.54) is 26.2 Å². The van der Waals surface area contributed by atoms with Crippen LogP contribution in [-0.4, -0.2) is 29.6 Å². The molecule has 24 heavy (non-hydrogen) atoms. The Morgan fingerprint density at radius 3 is 2.04 bits per heavy atom. The normalized spacial score (nSPS) is 37.6. The molecular formula is C18H26N2O4. The van der Waals surface area contributed by atoms with E-state index in [4.69, 9.17) is 4.74 Å². The number of rotatable bonds is 4. The smallest absolute Gasteiger partial charge is 0.321 e. The number of amides is 3. The van der Waals surface area contributed by atoms with Gasteiger partial charge in [-0.25, -0.2) is 4.79 Å². The predicted octanol–water partition coefficient (Wildman–Crippen LogP) is 2.12. The van der Waals surface area contributed by atoms with Crippen LogP contribution in [0.4, 0.5) is 4.79 Å². The van der Waals surface area contributed by atoms with Crippen LogP contribution in [0.5, 0.6) is 0 Å². The van der Waals surface area contributed by atoms with E-state index in [2.05, 4.69) is 10.6 Å². The third-order valence-electron chi connectivity index (χ3n) is 6.23. The van der Waals surface area contributed by atoms with Gasteiger partial charge in [-0.3, -0.25) is 14.9 Å². The maximum absolute atomic E-state index is 12.3. The van der Waals surface area contributed by atoms with Crippen molar-refractivity contribution >= 4 is 17.9 Å². The minimum atomic E-state index is -0.930. The van der Waals surface area contributed by atoms with Crippen LogP contribution >= 0.6 is 0 Å². The van der Waals surface area contributed by atoms with Gasteiger partial charge in [-0.05, 0) is 76.0 Å². The Labute approximate surface area is 142 Å². The molecular weight excluding hydrogens is 308 g/mol. The van der Waals surface area contributed by atoms with E-state index in [9.17, 15) is 14.4 Å². The number of ether oxygens (including phenoxy) is 1. The van der Waals surface area contributed by atoms with Crippen molar-refractivity contribution in [3.05, 3.63) is 0 Å². The average molecular weight is 334 g/mol. The highest BCUT2D eigenvalue weighted by atomic mass is 16.5. The van der Waals surface area contributed by atoms with Gasteiger partial charge in [-0.15, -0.1) is 0 Å². The van der Waals surface area contributed by atoms with E-state index in [-0.39, 0.29) is 17.4 Å². The Balaban J connectivity index is 1.30. The number of imide groups is 1. The van der Waals surface area contributed by atoms with Gasteiger partial charge in [0.05, 0.1) is 5.92 Å². The van der Waals surface area contributed by atoms with Crippen molar-refractivity contribution in [2.75, 3.05) is 0 Å². The molecule has 0 unspecified atom stereocenters. The predicted molar refractivity (Wildman–Crippen MR) is 85.9 cm³/mol. The lowest BCUT2D eigenvalue weighted by Gasteiger charge is -2.56. The first-order valence-corrected chi connectivity index (χ1v) is 9.26. The van der Waals surface area contributed by atoms with Gasteiger partial charge in [-0.1, -0.05) is 0 Å². The second-order valence-corrected chi connectivity index (χ2v) is 8.49. The van der Waals surface area contributed by atoms with Crippen molar-refractivity contribution in [3.63, 3.8) is 0 Å². The molecule has 0 aliphatic heterocycles. The van der Waals surface area contributed by atoms with Gasteiger partial charge < -0.3 is 10.1 Å². The Kier molecular flexibility index (Phi) is 3.81. The summed E-state index contributed by atoms with van der Waals surface area (Å²) >= 11 is 0. The molecule has 5 aliphatic carbocycles. The molecule has 5 aliphatic rings. The number of hydrogen-bond donors (Lipinski definition) is 2. The molecule has 6 heteroatoms. The summed E-state index contributed by atoms with van der Waals surface area (Å²) in [5, 5.41) is 5.44. The van der Waals surface area contributed by atoms with E-state index in [0.29, 0.717) is 0 Å². The molecule has 0 spiro atoms. The standard InChI is InChI=1S/C18H26N2O4/c1-10(24-16(22)14-2-3-14)15(21)19-17(23)20-18-7-11-4-12(8-18)6-13(5-11)9-18/h10-14H,2-9H2,1H3,(H2,19,20,21,23)/t10-,11?,12?,13?,18?/m1/s1. The Morgan fingerprint density at radius 1 is 1.00 bits per heavy atom. The highest BCUT2D eigenvalue weighted by Crippen LogP contribution is 2.55. The van der Waals surface area contributed by atoms with Crippen molar-refractivity contribution in [1.29, 1.82) is 0 Å². The van der Waals surface area contributed by atoms with Crippen LogP contribution in [-0.2, 0) is 14.3 Å². The topological polar surface area (TPSA) is 84.5 Å². The number of urea groups is 1. The highest BCUT2D eigenvalue weighted by Gasteiger charge is 2.51. The summed E-state index contributed by atoms with van der Waals surface area (Å²) in [5.74, 6) is 1.24. The summed E-state index contributed by atoms with van der Waals surface area (Å²) in [6, 6.07) is -0.448. The van der Waals surface area contributed by atoms with Crippen molar-refractivity contribution in [2.45, 2.75) is 69.9 Å². The molecule has 5 saturated carbocycles. The molecule has 5 fully saturated rings. The highest BCUT2D eigenvalue weighted by molar-refractivity contribution is 5.97. The van der Waals surface area contributed by atoms with Crippen molar-refractivity contribution in [3.8, 4) is 0 Å². The SMILES string of the molecule is C[C@@H](OC(=O)C1CC1)C(=O)NC(=O)NC12CC3CC(CC(C3)C1)C2. The summed E-state index contributed by atoms with van der Waals surface area (Å²) in [7, 11) is 0. The number of carbonyl (C=O) groups excluding carboxylic acids is 3. The van der Waals surface area contributed by atoms with E-state index < -0.39 is 18.0 Å². The molecule has 0 aromatic rings. The maximum atomic E-state index is 12.3. The number of carbonyl (C=O) groups is 3. The van der Waals surface area contributed by atoms with E-state index in [1.54, 1.807) is 0 Å². The van der Waals surface area contributed by atoms with Crippen LogP contribution in [0.2, 0.25) is 0 Å². The minimum absolute atomic E-state index is 0.0545. The molecule has 0 aromatic heterocycles. The summed E-state index contributed by atoms with van der Waals surface area (Å²) in [6.45, 7) is 1.51. The Bertz CT molecular complexity index is 534. The van der Waals surface area contributed by atoms with Crippen LogP contribution < -0.4 is 10.6 Å². The van der Waals surface area contributed by atoms with Crippen LogP contribution in [0.3, 0.4) is 0 Å². The average Bonchev–Trinajstić information content (AvgIpc) is 3.29. The third kappa shape index (κ3) is 3.15. The quantitative estimate of drug-likeness (QED) is 0.771. The molecule has 2 N–H and O–H groups in total. The summed E-state index contributed by atoms with van der Waals surface area (Å²) in [5.41, 5.74) is -0.132. The van der Waals surface area contributed by atoms with E-state index in [0.717, 1.165) is 49.9 Å². The Hall–Kier alpha value is -1.59. The molecule has 3 amide bonds. The molecule has 1 atom stereocenters. The van der Waals surface area contributed by atoms with E-state index >= 15 is 0 Å². The fraction of sp³-hybridized carbons (Fsp3) is 0.833. The lowest BCUT2D eigenvalue weighted by atomic mass is 9.53. The first-order valence-electron chi connectivity index (χ1n) is 9.26. The minimum Gasteiger partial charge on any atom is -0.452 e. The molecule has 0 saturated heterocycles. The molecule has 0 aromatic carbocycles. The summed E-state index contributed by atoms with van der Waals surface area (Å²) < 4.78 is 5.10. The van der Waals surface area contributed by atoms with Gasteiger partial charge in [0.1, 0.15) is 0 Å². The fourth-order valence-electron chi connectivity index (χ4n) is 5.39. The number of nitrogens with one attached hydrogen (secondary N) is 2. The summed E-state index contributed by atoms with van der Waals surface area (Å²) in [6.07, 6.45) is 7.74. The van der Waals surface area contributed by atoms with Crippen LogP contribution in [0.15, 0.2) is 0 Å². The van der Waals surface area contributed by atoms with Crippen LogP contribution in [0.25, 0.3) is 0 Å². The lowest BCUT2D eigenvalue weighted by Crippen LogP contribution is -2.62.